The molecule has 1 aliphatic carbocycles. The van der Waals surface area contributed by atoms with Crippen molar-refractivity contribution in [1.29, 1.82) is 0 Å². The van der Waals surface area contributed by atoms with E-state index in [2.05, 4.69) is 34.2 Å². The first-order valence-electron chi connectivity index (χ1n) is 6.46. The third kappa shape index (κ3) is 3.48. The minimum atomic E-state index is -1.02. The summed E-state index contributed by atoms with van der Waals surface area (Å²) >= 11 is 3.18. The molecule has 0 saturated carbocycles. The maximum absolute atomic E-state index is 12.1. The molecule has 1 aliphatic rings. The van der Waals surface area contributed by atoms with E-state index in [-0.39, 0.29) is 17.5 Å². The number of carboxylic acid groups (broad SMARTS) is 1. The van der Waals surface area contributed by atoms with Crippen LogP contribution in [0.2, 0.25) is 0 Å². The lowest BCUT2D eigenvalue weighted by Crippen LogP contribution is -2.35. The van der Waals surface area contributed by atoms with Gasteiger partial charge in [0.05, 0.1) is 5.56 Å². The number of aromatic carboxylic acids is 1. The van der Waals surface area contributed by atoms with Crippen LogP contribution in [0.3, 0.4) is 0 Å². The third-order valence-corrected chi connectivity index (χ3v) is 4.09. The summed E-state index contributed by atoms with van der Waals surface area (Å²) in [6, 6.07) is 4.67. The molecule has 1 aromatic rings. The van der Waals surface area contributed by atoms with Crippen LogP contribution in [0.15, 0.2) is 34.3 Å². The highest BCUT2D eigenvalue weighted by Crippen LogP contribution is 2.20. The van der Waals surface area contributed by atoms with Gasteiger partial charge in [0.2, 0.25) is 0 Å². The van der Waals surface area contributed by atoms with Crippen molar-refractivity contribution in [2.45, 2.75) is 32.2 Å². The largest absolute Gasteiger partial charge is 0.478 e. The molecule has 1 amide bonds. The molecule has 0 heterocycles. The van der Waals surface area contributed by atoms with Crippen LogP contribution in [0.1, 0.15) is 46.9 Å². The topological polar surface area (TPSA) is 66.4 Å². The molecular formula is C15H16BrNO3. The molecule has 5 heteroatoms. The molecule has 20 heavy (non-hydrogen) atoms. The van der Waals surface area contributed by atoms with Crippen LogP contribution in [0.4, 0.5) is 0 Å². The normalized spacial score (nSPS) is 18.3. The number of benzene rings is 1. The molecule has 0 spiro atoms. The molecule has 1 aromatic carbocycles. The van der Waals surface area contributed by atoms with Gasteiger partial charge in [-0.15, -0.1) is 0 Å². The van der Waals surface area contributed by atoms with Gasteiger partial charge in [0.15, 0.2) is 0 Å². The Balaban J connectivity index is 2.06. The highest BCUT2D eigenvalue weighted by molar-refractivity contribution is 9.10. The molecule has 2 rings (SSSR count). The van der Waals surface area contributed by atoms with E-state index >= 15 is 0 Å². The Morgan fingerprint density at radius 2 is 2.15 bits per heavy atom. The zero-order valence-corrected chi connectivity index (χ0v) is 12.7. The van der Waals surface area contributed by atoms with Crippen molar-refractivity contribution in [3.63, 3.8) is 0 Å². The quantitative estimate of drug-likeness (QED) is 0.831. The molecule has 0 fully saturated rings. The number of allylic oxidation sites excluding steroid dienone is 1. The van der Waals surface area contributed by atoms with Crippen molar-refractivity contribution in [1.82, 2.24) is 5.32 Å². The molecule has 106 valence electrons. The Kier molecular flexibility index (Phi) is 4.60. The average Bonchev–Trinajstić information content (AvgIpc) is 2.40. The lowest BCUT2D eigenvalue weighted by atomic mass is 9.96. The second kappa shape index (κ2) is 6.22. The summed E-state index contributed by atoms with van der Waals surface area (Å²) in [6.45, 7) is 2.10. The van der Waals surface area contributed by atoms with Crippen molar-refractivity contribution in [3.8, 4) is 0 Å². The van der Waals surface area contributed by atoms with Gasteiger partial charge in [-0.3, -0.25) is 4.79 Å². The van der Waals surface area contributed by atoms with Crippen LogP contribution in [0.5, 0.6) is 0 Å². The highest BCUT2D eigenvalue weighted by Gasteiger charge is 2.17. The number of nitrogens with one attached hydrogen (secondary N) is 1. The SMILES string of the molecule is CC1=CCC(NC(=O)c2ccc(C(=O)O)c(Br)c2)CC1. The van der Waals surface area contributed by atoms with Gasteiger partial charge >= 0.3 is 5.97 Å². The van der Waals surface area contributed by atoms with Gasteiger partial charge in [-0.05, 0) is 60.3 Å². The van der Waals surface area contributed by atoms with Gasteiger partial charge < -0.3 is 10.4 Å². The van der Waals surface area contributed by atoms with Gasteiger partial charge in [-0.2, -0.15) is 0 Å². The highest BCUT2D eigenvalue weighted by atomic mass is 79.9. The van der Waals surface area contributed by atoms with E-state index in [0.717, 1.165) is 19.3 Å². The summed E-state index contributed by atoms with van der Waals surface area (Å²) in [5, 5.41) is 11.9. The van der Waals surface area contributed by atoms with Crippen LogP contribution in [-0.2, 0) is 0 Å². The maximum atomic E-state index is 12.1. The smallest absolute Gasteiger partial charge is 0.336 e. The first-order chi connectivity index (χ1) is 9.47. The van der Waals surface area contributed by atoms with Crippen LogP contribution in [0.25, 0.3) is 0 Å². The molecule has 0 bridgehead atoms. The van der Waals surface area contributed by atoms with Crippen LogP contribution >= 0.6 is 15.9 Å². The zero-order chi connectivity index (χ0) is 14.7. The summed E-state index contributed by atoms with van der Waals surface area (Å²) < 4.78 is 0.414. The van der Waals surface area contributed by atoms with Gasteiger partial charge in [0.1, 0.15) is 0 Å². The number of carbonyl (C=O) groups excluding carboxylic acids is 1. The predicted octanol–water partition coefficient (Wildman–Crippen LogP) is 3.38. The Labute approximate surface area is 126 Å². The molecular weight excluding hydrogens is 322 g/mol. The Bertz CT molecular complexity index is 580. The Morgan fingerprint density at radius 3 is 2.70 bits per heavy atom. The van der Waals surface area contributed by atoms with E-state index in [4.69, 9.17) is 5.11 Å². The first-order valence-corrected chi connectivity index (χ1v) is 7.26. The fraction of sp³-hybridized carbons (Fsp3) is 0.333. The Hall–Kier alpha value is -1.62. The monoisotopic (exact) mass is 337 g/mol. The van der Waals surface area contributed by atoms with Crippen molar-refractivity contribution in [2.75, 3.05) is 0 Å². The minimum absolute atomic E-state index is 0.151. The molecule has 1 atom stereocenters. The third-order valence-electron chi connectivity index (χ3n) is 3.43. The van der Waals surface area contributed by atoms with Crippen molar-refractivity contribution < 1.29 is 14.7 Å². The molecule has 0 aromatic heterocycles. The van der Waals surface area contributed by atoms with E-state index in [9.17, 15) is 9.59 Å². The van der Waals surface area contributed by atoms with Crippen molar-refractivity contribution >= 4 is 27.8 Å². The van der Waals surface area contributed by atoms with E-state index in [1.54, 1.807) is 6.07 Å². The van der Waals surface area contributed by atoms with E-state index in [1.807, 2.05) is 0 Å². The molecule has 0 saturated heterocycles. The second-order valence-corrected chi connectivity index (χ2v) is 5.85. The molecule has 4 nitrogen and oxygen atoms in total. The fourth-order valence-corrected chi connectivity index (χ4v) is 2.74. The summed E-state index contributed by atoms with van der Waals surface area (Å²) in [5.41, 5.74) is 1.98. The summed E-state index contributed by atoms with van der Waals surface area (Å²) in [6.07, 6.45) is 4.96. The second-order valence-electron chi connectivity index (χ2n) is 5.00. The summed E-state index contributed by atoms with van der Waals surface area (Å²) in [7, 11) is 0. The number of hydrogen-bond donors (Lipinski definition) is 2. The number of carbonyl (C=O) groups is 2. The van der Waals surface area contributed by atoms with Gasteiger partial charge in [0, 0.05) is 16.1 Å². The number of hydrogen-bond acceptors (Lipinski definition) is 2. The van der Waals surface area contributed by atoms with Crippen LogP contribution < -0.4 is 5.32 Å². The molecule has 1 unspecified atom stereocenters. The zero-order valence-electron chi connectivity index (χ0n) is 11.1. The number of amides is 1. The lowest BCUT2D eigenvalue weighted by molar-refractivity contribution is 0.0695. The maximum Gasteiger partial charge on any atom is 0.336 e. The predicted molar refractivity (Wildman–Crippen MR) is 80.0 cm³/mol. The summed E-state index contributed by atoms with van der Waals surface area (Å²) in [4.78, 5) is 23.0. The molecule has 2 N–H and O–H groups in total. The van der Waals surface area contributed by atoms with Crippen LogP contribution in [-0.4, -0.2) is 23.0 Å². The number of rotatable bonds is 3. The fourth-order valence-electron chi connectivity index (χ4n) is 2.19. The molecule has 0 aliphatic heterocycles. The first kappa shape index (κ1) is 14.8. The van der Waals surface area contributed by atoms with Gasteiger partial charge in [-0.1, -0.05) is 11.6 Å². The van der Waals surface area contributed by atoms with Gasteiger partial charge in [0.25, 0.3) is 5.91 Å². The van der Waals surface area contributed by atoms with Crippen LogP contribution in [0, 0.1) is 0 Å². The van der Waals surface area contributed by atoms with Gasteiger partial charge in [-0.25, -0.2) is 4.79 Å². The summed E-state index contributed by atoms with van der Waals surface area (Å²) in [5.74, 6) is -1.18. The lowest BCUT2D eigenvalue weighted by Gasteiger charge is -2.21. The van der Waals surface area contributed by atoms with E-state index < -0.39 is 5.97 Å². The Morgan fingerprint density at radius 1 is 1.40 bits per heavy atom. The van der Waals surface area contributed by atoms with E-state index in [1.165, 1.54) is 17.7 Å². The number of halogens is 1. The average molecular weight is 338 g/mol. The van der Waals surface area contributed by atoms with E-state index in [0.29, 0.717) is 10.0 Å². The standard InChI is InChI=1S/C15H16BrNO3/c1-9-2-5-11(6-3-9)17-14(18)10-4-7-12(15(19)20)13(16)8-10/h2,4,7-8,11H,3,5-6H2,1H3,(H,17,18)(H,19,20). The van der Waals surface area contributed by atoms with Crippen molar-refractivity contribution in [3.05, 3.63) is 45.4 Å². The molecule has 0 radical (unpaired) electrons. The minimum Gasteiger partial charge on any atom is -0.478 e. The number of carboxylic acids is 1. The van der Waals surface area contributed by atoms with Crippen molar-refractivity contribution in [2.24, 2.45) is 0 Å².